The van der Waals surface area contributed by atoms with Crippen molar-refractivity contribution in [1.82, 2.24) is 0 Å². The van der Waals surface area contributed by atoms with Crippen molar-refractivity contribution in [2.75, 3.05) is 6.61 Å². The number of esters is 1. The normalized spacial score (nSPS) is 9.18. The molecule has 0 N–H and O–H groups in total. The van der Waals surface area contributed by atoms with Crippen LogP contribution < -0.4 is 0 Å². The molecule has 0 saturated heterocycles. The van der Waals surface area contributed by atoms with Gasteiger partial charge in [-0.2, -0.15) is 0 Å². The van der Waals surface area contributed by atoms with Gasteiger partial charge in [-0.1, -0.05) is 33.6 Å². The van der Waals surface area contributed by atoms with Gasteiger partial charge in [0.25, 0.3) is 0 Å². The first-order valence-electron chi connectivity index (χ1n) is 6.16. The van der Waals surface area contributed by atoms with E-state index in [1.54, 1.807) is 0 Å². The monoisotopic (exact) mass is 240 g/mol. The second-order valence-electron chi connectivity index (χ2n) is 3.35. The molecule has 0 aromatic heterocycles. The van der Waals surface area contributed by atoms with Crippen LogP contribution in [0.1, 0.15) is 50.4 Å². The van der Waals surface area contributed by atoms with Gasteiger partial charge < -0.3 is 4.74 Å². The molecule has 0 aliphatic heterocycles. The smallest absolute Gasteiger partial charge is 0.338 e. The Morgan fingerprint density at radius 2 is 1.76 bits per heavy atom. The summed E-state index contributed by atoms with van der Waals surface area (Å²) < 4.78 is 17.6. The maximum atomic E-state index is 12.6. The molecule has 1 aromatic rings. The zero-order chi connectivity index (χ0) is 13.1. The molecule has 0 heterocycles. The first kappa shape index (κ1) is 15.6. The molecule has 2 nitrogen and oxygen atoms in total. The van der Waals surface area contributed by atoms with Crippen LogP contribution in [0.3, 0.4) is 0 Å². The summed E-state index contributed by atoms with van der Waals surface area (Å²) in [6.45, 7) is 6.52. The Balaban J connectivity index is 0.00000121. The molecule has 0 saturated carbocycles. The first-order valence-corrected chi connectivity index (χ1v) is 6.16. The Kier molecular flexibility index (Phi) is 9.02. The minimum atomic E-state index is -0.383. The lowest BCUT2D eigenvalue weighted by molar-refractivity contribution is 0.0498. The van der Waals surface area contributed by atoms with Crippen molar-refractivity contribution >= 4 is 5.97 Å². The minimum Gasteiger partial charge on any atom is -0.462 e. The fourth-order valence-electron chi connectivity index (χ4n) is 1.19. The molecule has 0 unspecified atom stereocenters. The second kappa shape index (κ2) is 9.82. The van der Waals surface area contributed by atoms with Gasteiger partial charge in [-0.3, -0.25) is 0 Å². The van der Waals surface area contributed by atoms with E-state index in [2.05, 4.69) is 6.92 Å². The van der Waals surface area contributed by atoms with E-state index in [9.17, 15) is 9.18 Å². The molecule has 0 radical (unpaired) electrons. The number of carbonyl (C=O) groups is 1. The number of halogens is 1. The molecule has 0 amide bonds. The highest BCUT2D eigenvalue weighted by Crippen LogP contribution is 2.05. The Morgan fingerprint density at radius 1 is 1.18 bits per heavy atom. The van der Waals surface area contributed by atoms with Crippen molar-refractivity contribution in [3.63, 3.8) is 0 Å². The minimum absolute atomic E-state index is 0.350. The van der Waals surface area contributed by atoms with Gasteiger partial charge in [-0.05, 0) is 30.7 Å². The molecule has 0 aliphatic carbocycles. The highest BCUT2D eigenvalue weighted by Gasteiger charge is 2.05. The van der Waals surface area contributed by atoms with E-state index in [4.69, 9.17) is 4.74 Å². The van der Waals surface area contributed by atoms with Crippen molar-refractivity contribution in [2.24, 2.45) is 0 Å². The lowest BCUT2D eigenvalue weighted by Crippen LogP contribution is -2.06. The van der Waals surface area contributed by atoms with Gasteiger partial charge in [0.05, 0.1) is 12.2 Å². The Bertz CT molecular complexity index is 307. The molecule has 17 heavy (non-hydrogen) atoms. The van der Waals surface area contributed by atoms with Gasteiger partial charge in [0.1, 0.15) is 5.82 Å². The fourth-order valence-corrected chi connectivity index (χ4v) is 1.19. The predicted molar refractivity (Wildman–Crippen MR) is 67.6 cm³/mol. The molecule has 0 fully saturated rings. The summed E-state index contributed by atoms with van der Waals surface area (Å²) in [4.78, 5) is 11.4. The van der Waals surface area contributed by atoms with Crippen molar-refractivity contribution in [3.8, 4) is 0 Å². The van der Waals surface area contributed by atoms with Crippen LogP contribution in [0.5, 0.6) is 0 Å². The van der Waals surface area contributed by atoms with Crippen LogP contribution in [-0.2, 0) is 4.74 Å². The maximum absolute atomic E-state index is 12.6. The quantitative estimate of drug-likeness (QED) is 0.569. The summed E-state index contributed by atoms with van der Waals surface area (Å²) in [6, 6.07) is 5.36. The van der Waals surface area contributed by atoms with Crippen LogP contribution in [0.4, 0.5) is 4.39 Å². The molecule has 3 heteroatoms. The van der Waals surface area contributed by atoms with Crippen LogP contribution in [0, 0.1) is 5.82 Å². The highest BCUT2D eigenvalue weighted by atomic mass is 19.1. The van der Waals surface area contributed by atoms with Gasteiger partial charge >= 0.3 is 5.97 Å². The zero-order valence-corrected chi connectivity index (χ0v) is 10.8. The number of hydrogen-bond donors (Lipinski definition) is 0. The highest BCUT2D eigenvalue weighted by molar-refractivity contribution is 5.89. The van der Waals surface area contributed by atoms with E-state index in [-0.39, 0.29) is 11.8 Å². The van der Waals surface area contributed by atoms with E-state index in [1.165, 1.54) is 24.3 Å². The summed E-state index contributed by atoms with van der Waals surface area (Å²) in [7, 11) is 0. The van der Waals surface area contributed by atoms with Crippen LogP contribution in [0.25, 0.3) is 0 Å². The summed E-state index contributed by atoms with van der Waals surface area (Å²) >= 11 is 0. The second-order valence-corrected chi connectivity index (χ2v) is 3.35. The van der Waals surface area contributed by atoms with Crippen molar-refractivity contribution in [1.29, 1.82) is 0 Å². The summed E-state index contributed by atoms with van der Waals surface area (Å²) in [6.07, 6.45) is 3.02. The van der Waals surface area contributed by atoms with E-state index in [1.807, 2.05) is 13.8 Å². The number of unbranched alkanes of at least 4 members (excludes halogenated alkanes) is 2. The van der Waals surface area contributed by atoms with Crippen LogP contribution in [0.15, 0.2) is 24.3 Å². The third-order valence-electron chi connectivity index (χ3n) is 2.06. The van der Waals surface area contributed by atoms with Crippen LogP contribution in [-0.4, -0.2) is 12.6 Å². The molecule has 96 valence electrons. The Hall–Kier alpha value is -1.38. The van der Waals surface area contributed by atoms with E-state index in [0.29, 0.717) is 12.2 Å². The lowest BCUT2D eigenvalue weighted by Gasteiger charge is -2.03. The fraction of sp³-hybridized carbons (Fsp3) is 0.500. The lowest BCUT2D eigenvalue weighted by atomic mass is 10.2. The van der Waals surface area contributed by atoms with Gasteiger partial charge in [0.15, 0.2) is 0 Å². The Labute approximate surface area is 103 Å². The molecule has 0 bridgehead atoms. The van der Waals surface area contributed by atoms with Gasteiger partial charge in [-0.15, -0.1) is 0 Å². The first-order chi connectivity index (χ1) is 8.24. The van der Waals surface area contributed by atoms with Crippen molar-refractivity contribution in [2.45, 2.75) is 40.0 Å². The number of hydrogen-bond acceptors (Lipinski definition) is 2. The van der Waals surface area contributed by atoms with E-state index >= 15 is 0 Å². The largest absolute Gasteiger partial charge is 0.462 e. The third-order valence-corrected chi connectivity index (χ3v) is 2.06. The predicted octanol–water partition coefficient (Wildman–Crippen LogP) is 4.20. The average Bonchev–Trinajstić information content (AvgIpc) is 2.38. The maximum Gasteiger partial charge on any atom is 0.338 e. The number of rotatable bonds is 5. The number of benzene rings is 1. The molecule has 1 rings (SSSR count). The number of ether oxygens (including phenoxy) is 1. The topological polar surface area (TPSA) is 26.3 Å². The van der Waals surface area contributed by atoms with Crippen LogP contribution in [0.2, 0.25) is 0 Å². The van der Waals surface area contributed by atoms with E-state index < -0.39 is 0 Å². The van der Waals surface area contributed by atoms with E-state index in [0.717, 1.165) is 19.3 Å². The molecule has 1 aromatic carbocycles. The van der Waals surface area contributed by atoms with Gasteiger partial charge in [0.2, 0.25) is 0 Å². The average molecular weight is 240 g/mol. The van der Waals surface area contributed by atoms with Gasteiger partial charge in [-0.25, -0.2) is 9.18 Å². The third kappa shape index (κ3) is 6.72. The molecular formula is C14H21FO2. The van der Waals surface area contributed by atoms with Gasteiger partial charge in [0, 0.05) is 0 Å². The molecular weight excluding hydrogens is 219 g/mol. The zero-order valence-electron chi connectivity index (χ0n) is 10.8. The molecule has 0 spiro atoms. The standard InChI is InChI=1S/C12H15FO2.C2H6/c1-2-3-4-9-15-12(14)10-5-7-11(13)8-6-10;1-2/h5-8H,2-4,9H2,1H3;1-2H3. The SMILES string of the molecule is CC.CCCCCOC(=O)c1ccc(F)cc1. The molecule has 0 aliphatic rings. The summed E-state index contributed by atoms with van der Waals surface area (Å²) in [5, 5.41) is 0. The Morgan fingerprint density at radius 3 is 2.29 bits per heavy atom. The molecule has 0 atom stereocenters. The summed E-state index contributed by atoms with van der Waals surface area (Å²) in [5.41, 5.74) is 0.396. The van der Waals surface area contributed by atoms with Crippen molar-refractivity contribution in [3.05, 3.63) is 35.6 Å². The number of carbonyl (C=O) groups excluding carboxylic acids is 1. The summed E-state index contributed by atoms with van der Waals surface area (Å²) in [5.74, 6) is -0.733. The van der Waals surface area contributed by atoms with Crippen LogP contribution >= 0.6 is 0 Å². The van der Waals surface area contributed by atoms with Crippen molar-refractivity contribution < 1.29 is 13.9 Å².